The zero-order valence-corrected chi connectivity index (χ0v) is 19.4. The van der Waals surface area contributed by atoms with E-state index >= 15 is 0 Å². The van der Waals surface area contributed by atoms with Crippen molar-refractivity contribution in [2.24, 2.45) is 5.73 Å². The average Bonchev–Trinajstić information content (AvgIpc) is 2.81. The number of carbonyl (C=O) groups is 3. The standard InChI is InChI=1S/C24H19ClF4N4O3/c1-13(34)33-22(36)23(30,20-19(24(27,28)29)3-2-10-31-20)12-32-21(35)17-9-8-16(26)11-18(17)14-4-6-15(25)7-5-14/h2-11H,12,30H2,1H3,(H,32,35)(H,33,34,36). The van der Waals surface area contributed by atoms with Crippen molar-refractivity contribution in [1.29, 1.82) is 0 Å². The highest BCUT2D eigenvalue weighted by Crippen LogP contribution is 2.35. The molecule has 0 bridgehead atoms. The van der Waals surface area contributed by atoms with E-state index in [1.165, 1.54) is 18.2 Å². The fourth-order valence-corrected chi connectivity index (χ4v) is 3.56. The highest BCUT2D eigenvalue weighted by Gasteiger charge is 2.46. The highest BCUT2D eigenvalue weighted by molar-refractivity contribution is 6.30. The molecule has 1 aromatic heterocycles. The minimum absolute atomic E-state index is 0.0508. The zero-order chi connectivity index (χ0) is 26.7. The van der Waals surface area contributed by atoms with Crippen LogP contribution in [0.3, 0.4) is 0 Å². The number of benzene rings is 2. The number of pyridine rings is 1. The van der Waals surface area contributed by atoms with Crippen LogP contribution in [-0.2, 0) is 21.3 Å². The van der Waals surface area contributed by atoms with Gasteiger partial charge < -0.3 is 11.1 Å². The molecule has 3 aromatic rings. The lowest BCUT2D eigenvalue weighted by Gasteiger charge is -2.29. The van der Waals surface area contributed by atoms with Crippen LogP contribution < -0.4 is 16.4 Å². The normalized spacial score (nSPS) is 13.0. The summed E-state index contributed by atoms with van der Waals surface area (Å²) in [6.07, 6.45) is -3.94. The monoisotopic (exact) mass is 522 g/mol. The van der Waals surface area contributed by atoms with Crippen LogP contribution in [0.4, 0.5) is 17.6 Å². The lowest BCUT2D eigenvalue weighted by atomic mass is 9.90. The van der Waals surface area contributed by atoms with Gasteiger partial charge in [-0.1, -0.05) is 23.7 Å². The largest absolute Gasteiger partial charge is 0.418 e. The van der Waals surface area contributed by atoms with E-state index in [-0.39, 0.29) is 11.1 Å². The molecule has 3 amide bonds. The van der Waals surface area contributed by atoms with Gasteiger partial charge >= 0.3 is 6.18 Å². The molecule has 188 valence electrons. The number of imide groups is 1. The minimum Gasteiger partial charge on any atom is -0.349 e. The van der Waals surface area contributed by atoms with Crippen molar-refractivity contribution in [3.8, 4) is 11.1 Å². The van der Waals surface area contributed by atoms with Crippen molar-refractivity contribution in [2.45, 2.75) is 18.6 Å². The Morgan fingerprint density at radius 3 is 2.33 bits per heavy atom. The third-order valence-corrected chi connectivity index (χ3v) is 5.39. The van der Waals surface area contributed by atoms with Crippen LogP contribution in [-0.4, -0.2) is 29.3 Å². The summed E-state index contributed by atoms with van der Waals surface area (Å²) in [5.41, 5.74) is 1.85. The lowest BCUT2D eigenvalue weighted by molar-refractivity contribution is -0.140. The SMILES string of the molecule is CC(=O)NC(=O)C(N)(CNC(=O)c1ccc(F)cc1-c1ccc(Cl)cc1)c1ncccc1C(F)(F)F. The maximum atomic E-state index is 14.0. The number of aromatic nitrogens is 1. The van der Waals surface area contributed by atoms with E-state index in [9.17, 15) is 31.9 Å². The molecule has 0 radical (unpaired) electrons. The van der Waals surface area contributed by atoms with Gasteiger partial charge in [-0.25, -0.2) is 4.39 Å². The second-order valence-electron chi connectivity index (χ2n) is 7.76. The van der Waals surface area contributed by atoms with Gasteiger partial charge in [0.05, 0.1) is 17.8 Å². The van der Waals surface area contributed by atoms with Crippen molar-refractivity contribution >= 4 is 29.3 Å². The maximum absolute atomic E-state index is 14.0. The average molecular weight is 523 g/mol. The Balaban J connectivity index is 2.01. The predicted molar refractivity (Wildman–Crippen MR) is 123 cm³/mol. The van der Waals surface area contributed by atoms with Gasteiger partial charge in [0, 0.05) is 23.7 Å². The van der Waals surface area contributed by atoms with Crippen LogP contribution in [0.2, 0.25) is 5.02 Å². The first-order valence-corrected chi connectivity index (χ1v) is 10.7. The van der Waals surface area contributed by atoms with E-state index in [0.717, 1.165) is 31.3 Å². The molecule has 36 heavy (non-hydrogen) atoms. The third kappa shape index (κ3) is 5.86. The van der Waals surface area contributed by atoms with Crippen molar-refractivity contribution in [3.05, 3.63) is 88.5 Å². The van der Waals surface area contributed by atoms with Gasteiger partial charge in [-0.2, -0.15) is 13.2 Å². The number of hydrogen-bond acceptors (Lipinski definition) is 5. The van der Waals surface area contributed by atoms with E-state index in [4.69, 9.17) is 17.3 Å². The molecule has 0 aliphatic rings. The van der Waals surface area contributed by atoms with Crippen LogP contribution in [0.25, 0.3) is 11.1 Å². The molecule has 1 heterocycles. The molecule has 1 unspecified atom stereocenters. The second kappa shape index (κ2) is 10.4. The van der Waals surface area contributed by atoms with Crippen molar-refractivity contribution in [3.63, 3.8) is 0 Å². The quantitative estimate of drug-likeness (QED) is 0.426. The molecule has 7 nitrogen and oxygen atoms in total. The Labute approximate surface area is 207 Å². The number of carbonyl (C=O) groups excluding carboxylic acids is 3. The van der Waals surface area contributed by atoms with Crippen LogP contribution in [0.5, 0.6) is 0 Å². The molecule has 3 rings (SSSR count). The Kier molecular flexibility index (Phi) is 7.75. The molecule has 0 saturated heterocycles. The Morgan fingerprint density at radius 2 is 1.72 bits per heavy atom. The summed E-state index contributed by atoms with van der Waals surface area (Å²) in [5, 5.41) is 4.57. The van der Waals surface area contributed by atoms with E-state index in [2.05, 4.69) is 10.3 Å². The van der Waals surface area contributed by atoms with E-state index in [0.29, 0.717) is 16.7 Å². The van der Waals surface area contributed by atoms with Crippen molar-refractivity contribution < 1.29 is 31.9 Å². The third-order valence-electron chi connectivity index (χ3n) is 5.14. The first-order valence-electron chi connectivity index (χ1n) is 10.3. The summed E-state index contributed by atoms with van der Waals surface area (Å²) in [5.74, 6) is -3.70. The summed E-state index contributed by atoms with van der Waals surface area (Å²) >= 11 is 5.89. The smallest absolute Gasteiger partial charge is 0.349 e. The first kappa shape index (κ1) is 26.8. The maximum Gasteiger partial charge on any atom is 0.418 e. The Morgan fingerprint density at radius 1 is 1.06 bits per heavy atom. The highest BCUT2D eigenvalue weighted by atomic mass is 35.5. The fraction of sp³-hybridized carbons (Fsp3) is 0.167. The summed E-state index contributed by atoms with van der Waals surface area (Å²) in [6, 6.07) is 11.1. The van der Waals surface area contributed by atoms with Gasteiger partial charge in [0.25, 0.3) is 11.8 Å². The van der Waals surface area contributed by atoms with Gasteiger partial charge in [-0.3, -0.25) is 24.7 Å². The number of nitrogens with zero attached hydrogens (tertiary/aromatic N) is 1. The zero-order valence-electron chi connectivity index (χ0n) is 18.6. The molecule has 0 spiro atoms. The van der Waals surface area contributed by atoms with Crippen LogP contribution in [0, 0.1) is 5.82 Å². The molecule has 0 aliphatic carbocycles. The summed E-state index contributed by atoms with van der Waals surface area (Å²) < 4.78 is 54.9. The van der Waals surface area contributed by atoms with Crippen molar-refractivity contribution in [1.82, 2.24) is 15.6 Å². The Bertz CT molecular complexity index is 1320. The van der Waals surface area contributed by atoms with Crippen LogP contribution >= 0.6 is 11.6 Å². The molecular formula is C24H19ClF4N4O3. The number of hydrogen-bond donors (Lipinski definition) is 3. The van der Waals surface area contributed by atoms with E-state index < -0.39 is 53.1 Å². The van der Waals surface area contributed by atoms with Gasteiger partial charge in [-0.15, -0.1) is 0 Å². The summed E-state index contributed by atoms with van der Waals surface area (Å²) in [6.45, 7) is 0.0966. The molecule has 0 fully saturated rings. The molecule has 4 N–H and O–H groups in total. The molecule has 0 aliphatic heterocycles. The number of amides is 3. The lowest BCUT2D eigenvalue weighted by Crippen LogP contribution is -2.59. The molecule has 2 aromatic carbocycles. The Hall–Kier alpha value is -3.83. The number of alkyl halides is 3. The van der Waals surface area contributed by atoms with Gasteiger partial charge in [0.1, 0.15) is 5.82 Å². The van der Waals surface area contributed by atoms with E-state index in [1.807, 2.05) is 5.32 Å². The van der Waals surface area contributed by atoms with Gasteiger partial charge in [0.15, 0.2) is 5.54 Å². The topological polar surface area (TPSA) is 114 Å². The van der Waals surface area contributed by atoms with E-state index in [1.54, 1.807) is 12.1 Å². The molecular weight excluding hydrogens is 504 g/mol. The number of halogens is 5. The van der Waals surface area contributed by atoms with Crippen molar-refractivity contribution in [2.75, 3.05) is 6.54 Å². The molecule has 12 heteroatoms. The predicted octanol–water partition coefficient (Wildman–Crippen LogP) is 3.81. The minimum atomic E-state index is -4.94. The fourth-order valence-electron chi connectivity index (χ4n) is 3.43. The number of rotatable bonds is 6. The molecule has 1 atom stereocenters. The number of nitrogens with two attached hydrogens (primary N) is 1. The van der Waals surface area contributed by atoms with Crippen LogP contribution in [0.15, 0.2) is 60.8 Å². The van der Waals surface area contributed by atoms with Gasteiger partial charge in [0.2, 0.25) is 5.91 Å². The number of nitrogens with one attached hydrogen (secondary N) is 2. The molecule has 0 saturated carbocycles. The van der Waals surface area contributed by atoms with Crippen LogP contribution in [0.1, 0.15) is 28.5 Å². The first-order chi connectivity index (χ1) is 16.8. The second-order valence-corrected chi connectivity index (χ2v) is 8.19. The van der Waals surface area contributed by atoms with Gasteiger partial charge in [-0.05, 0) is 53.6 Å². The summed E-state index contributed by atoms with van der Waals surface area (Å²) in [4.78, 5) is 41.0. The summed E-state index contributed by atoms with van der Waals surface area (Å²) in [7, 11) is 0.